The maximum Gasteiger partial charge on any atom is 0.0526 e. The Morgan fingerprint density at radius 2 is 2.00 bits per heavy atom. The molecule has 0 aromatic carbocycles. The van der Waals surface area contributed by atoms with Gasteiger partial charge in [0.2, 0.25) is 0 Å². The first-order valence-electron chi connectivity index (χ1n) is 3.72. The molecule has 0 aliphatic heterocycles. The molecule has 0 amide bonds. The van der Waals surface area contributed by atoms with Crippen molar-refractivity contribution in [1.82, 2.24) is 0 Å². The largest absolute Gasteiger partial charge is 0.297 e. The third kappa shape index (κ3) is 2.34. The summed E-state index contributed by atoms with van der Waals surface area (Å²) in [7, 11) is 0. The van der Waals surface area contributed by atoms with Gasteiger partial charge in [-0.25, -0.2) is 0 Å². The maximum absolute atomic E-state index is 3.97. The predicted molar refractivity (Wildman–Crippen MR) is 47.6 cm³/mol. The van der Waals surface area contributed by atoms with Gasteiger partial charge >= 0.3 is 0 Å². The Hall–Kier alpha value is -0.590. The van der Waals surface area contributed by atoms with Crippen LogP contribution in [-0.4, -0.2) is 12.8 Å². The molecular formula is C9H17N. The topological polar surface area (TPSA) is 12.4 Å². The highest BCUT2D eigenvalue weighted by Gasteiger charge is 2.09. The van der Waals surface area contributed by atoms with Gasteiger partial charge in [0.1, 0.15) is 0 Å². The van der Waals surface area contributed by atoms with E-state index in [2.05, 4.69) is 45.5 Å². The minimum absolute atomic E-state index is 0.344. The molecule has 0 rings (SSSR count). The van der Waals surface area contributed by atoms with Crippen molar-refractivity contribution < 1.29 is 0 Å². The van der Waals surface area contributed by atoms with Crippen LogP contribution in [0.1, 0.15) is 27.7 Å². The van der Waals surface area contributed by atoms with Crippen molar-refractivity contribution >= 4 is 6.72 Å². The smallest absolute Gasteiger partial charge is 0.0526 e. The summed E-state index contributed by atoms with van der Waals surface area (Å²) < 4.78 is 0. The lowest BCUT2D eigenvalue weighted by Crippen LogP contribution is -2.11. The van der Waals surface area contributed by atoms with Gasteiger partial charge in [-0.2, -0.15) is 0 Å². The fourth-order valence-electron chi connectivity index (χ4n) is 0.801. The van der Waals surface area contributed by atoms with Crippen molar-refractivity contribution in [2.75, 3.05) is 0 Å². The van der Waals surface area contributed by atoms with Gasteiger partial charge in [0, 0.05) is 0 Å². The molecule has 2 atom stereocenters. The summed E-state index contributed by atoms with van der Waals surface area (Å²) in [6.07, 6.45) is 2.13. The predicted octanol–water partition coefficient (Wildman–Crippen LogP) is 2.68. The van der Waals surface area contributed by atoms with E-state index in [0.717, 1.165) is 0 Å². The second kappa shape index (κ2) is 4.26. The Kier molecular flexibility index (Phi) is 4.01. The van der Waals surface area contributed by atoms with Gasteiger partial charge < -0.3 is 0 Å². The Labute approximate surface area is 63.9 Å². The Morgan fingerprint density at radius 3 is 2.30 bits per heavy atom. The third-order valence-electron chi connectivity index (χ3n) is 2.19. The summed E-state index contributed by atoms with van der Waals surface area (Å²) in [4.78, 5) is 3.97. The molecule has 0 fully saturated rings. The summed E-state index contributed by atoms with van der Waals surface area (Å²) in [5, 5.41) is 0. The number of hydrogen-bond donors (Lipinski definition) is 0. The highest BCUT2D eigenvalue weighted by molar-refractivity contribution is 5.24. The van der Waals surface area contributed by atoms with Crippen LogP contribution >= 0.6 is 0 Å². The number of nitrogens with zero attached hydrogens (tertiary/aromatic N) is 1. The summed E-state index contributed by atoms with van der Waals surface area (Å²) in [6.45, 7) is 12.0. The van der Waals surface area contributed by atoms with E-state index < -0.39 is 0 Å². The van der Waals surface area contributed by atoms with Crippen LogP contribution in [0.4, 0.5) is 0 Å². The first-order valence-corrected chi connectivity index (χ1v) is 3.72. The van der Waals surface area contributed by atoms with E-state index in [0.29, 0.717) is 12.0 Å². The fraction of sp³-hybridized carbons (Fsp3) is 0.667. The highest BCUT2D eigenvalue weighted by Crippen LogP contribution is 2.15. The first kappa shape index (κ1) is 9.41. The molecule has 2 unspecified atom stereocenters. The van der Waals surface area contributed by atoms with E-state index in [1.54, 1.807) is 0 Å². The Bertz CT molecular complexity index is 136. The molecule has 58 valence electrons. The lowest BCUT2D eigenvalue weighted by Gasteiger charge is -2.15. The average molecular weight is 139 g/mol. The lowest BCUT2D eigenvalue weighted by atomic mass is 9.96. The van der Waals surface area contributed by atoms with Crippen LogP contribution in [-0.2, 0) is 0 Å². The molecule has 0 aromatic rings. The van der Waals surface area contributed by atoms with E-state index in [9.17, 15) is 0 Å². The molecule has 1 nitrogen and oxygen atoms in total. The molecule has 0 bridgehead atoms. The molecule has 0 spiro atoms. The SMILES string of the molecule is C=NC(C)C(C)/C(C)=C/C. The van der Waals surface area contributed by atoms with Crippen LogP contribution in [0, 0.1) is 5.92 Å². The Morgan fingerprint density at radius 1 is 1.50 bits per heavy atom. The molecule has 0 aliphatic rings. The number of allylic oxidation sites excluding steroid dienone is 1. The summed E-state index contributed by atoms with van der Waals surface area (Å²) in [6, 6.07) is 0.344. The van der Waals surface area contributed by atoms with Gasteiger partial charge in [-0.3, -0.25) is 4.99 Å². The molecular weight excluding hydrogens is 122 g/mol. The number of rotatable bonds is 3. The molecule has 0 heterocycles. The van der Waals surface area contributed by atoms with Gasteiger partial charge in [0.25, 0.3) is 0 Å². The van der Waals surface area contributed by atoms with Crippen LogP contribution in [0.2, 0.25) is 0 Å². The quantitative estimate of drug-likeness (QED) is 0.421. The van der Waals surface area contributed by atoms with Crippen LogP contribution < -0.4 is 0 Å². The molecule has 0 N–H and O–H groups in total. The van der Waals surface area contributed by atoms with Gasteiger partial charge in [-0.15, -0.1) is 0 Å². The fourth-order valence-corrected chi connectivity index (χ4v) is 0.801. The molecule has 0 radical (unpaired) electrons. The van der Waals surface area contributed by atoms with Crippen molar-refractivity contribution in [2.24, 2.45) is 10.9 Å². The van der Waals surface area contributed by atoms with Crippen LogP contribution in [0.15, 0.2) is 16.6 Å². The highest BCUT2D eigenvalue weighted by atomic mass is 14.7. The van der Waals surface area contributed by atoms with Crippen LogP contribution in [0.3, 0.4) is 0 Å². The summed E-state index contributed by atoms with van der Waals surface area (Å²) in [5.41, 5.74) is 1.39. The van der Waals surface area contributed by atoms with Gasteiger partial charge in [-0.05, 0) is 33.4 Å². The molecule has 0 aromatic heterocycles. The first-order chi connectivity index (χ1) is 4.63. The summed E-state index contributed by atoms with van der Waals surface area (Å²) >= 11 is 0. The van der Waals surface area contributed by atoms with Crippen molar-refractivity contribution in [3.05, 3.63) is 11.6 Å². The Balaban J connectivity index is 4.06. The average Bonchev–Trinajstić information content (AvgIpc) is 2.00. The monoisotopic (exact) mass is 139 g/mol. The number of aliphatic imine (C=N–C) groups is 1. The molecule has 1 heteroatoms. The maximum atomic E-state index is 3.97. The molecule has 0 saturated heterocycles. The van der Waals surface area contributed by atoms with Crippen molar-refractivity contribution in [3.8, 4) is 0 Å². The van der Waals surface area contributed by atoms with Crippen LogP contribution in [0.5, 0.6) is 0 Å². The van der Waals surface area contributed by atoms with Gasteiger partial charge in [-0.1, -0.05) is 18.6 Å². The van der Waals surface area contributed by atoms with Crippen molar-refractivity contribution in [2.45, 2.75) is 33.7 Å². The van der Waals surface area contributed by atoms with Crippen molar-refractivity contribution in [1.29, 1.82) is 0 Å². The minimum Gasteiger partial charge on any atom is -0.297 e. The zero-order chi connectivity index (χ0) is 8.15. The van der Waals surface area contributed by atoms with E-state index in [-0.39, 0.29) is 0 Å². The van der Waals surface area contributed by atoms with E-state index in [4.69, 9.17) is 0 Å². The standard InChI is InChI=1S/C9H17N/c1-6-7(2)8(3)9(4)10-5/h6,8-9H,5H2,1-4H3/b7-6+. The second-order valence-electron chi connectivity index (χ2n) is 2.74. The van der Waals surface area contributed by atoms with Gasteiger partial charge in [0.05, 0.1) is 6.04 Å². The molecule has 0 aliphatic carbocycles. The van der Waals surface area contributed by atoms with E-state index >= 15 is 0 Å². The lowest BCUT2D eigenvalue weighted by molar-refractivity contribution is 0.558. The van der Waals surface area contributed by atoms with Gasteiger partial charge in [0.15, 0.2) is 0 Å². The third-order valence-corrected chi connectivity index (χ3v) is 2.19. The van der Waals surface area contributed by atoms with E-state index in [1.807, 2.05) is 0 Å². The minimum atomic E-state index is 0.344. The zero-order valence-electron chi connectivity index (χ0n) is 7.39. The second-order valence-corrected chi connectivity index (χ2v) is 2.74. The van der Waals surface area contributed by atoms with Crippen LogP contribution in [0.25, 0.3) is 0 Å². The van der Waals surface area contributed by atoms with Crippen molar-refractivity contribution in [3.63, 3.8) is 0 Å². The summed E-state index contributed by atoms with van der Waals surface area (Å²) in [5.74, 6) is 0.530. The molecule has 0 saturated carbocycles. The normalized spacial score (nSPS) is 18.2. The number of hydrogen-bond acceptors (Lipinski definition) is 1. The molecule has 10 heavy (non-hydrogen) atoms. The zero-order valence-corrected chi connectivity index (χ0v) is 7.39. The van der Waals surface area contributed by atoms with E-state index in [1.165, 1.54) is 5.57 Å².